The van der Waals surface area contributed by atoms with Crippen molar-refractivity contribution in [3.8, 4) is 0 Å². The first-order valence-corrected chi connectivity index (χ1v) is 5.41. The fraction of sp³-hybridized carbons (Fsp3) is 0.400. The zero-order chi connectivity index (χ0) is 10.4. The zero-order valence-corrected chi connectivity index (χ0v) is 9.13. The molecule has 0 aliphatic heterocycles. The molecule has 14 heavy (non-hydrogen) atoms. The van der Waals surface area contributed by atoms with Crippen LogP contribution >= 0.6 is 11.8 Å². The van der Waals surface area contributed by atoms with Gasteiger partial charge in [-0.25, -0.2) is 0 Å². The molecule has 1 rings (SSSR count). The minimum Gasteiger partial charge on any atom is -0.465 e. The first-order valence-electron chi connectivity index (χ1n) is 4.42. The van der Waals surface area contributed by atoms with Gasteiger partial charge in [-0.05, 0) is 25.5 Å². The van der Waals surface area contributed by atoms with Gasteiger partial charge in [0.25, 0.3) is 0 Å². The highest BCUT2D eigenvalue weighted by Gasteiger charge is 2.02. The standard InChI is InChI=1S/C10H13NO2S/c1-3-13-10(12)7-14-9-4-8(2)5-11-6-9/h4-6H,3,7H2,1-2H3. The second-order valence-electron chi connectivity index (χ2n) is 2.79. The number of aryl methyl sites for hydroxylation is 1. The minimum atomic E-state index is -0.181. The third-order valence-corrected chi connectivity index (χ3v) is 2.45. The van der Waals surface area contributed by atoms with Crippen molar-refractivity contribution in [3.05, 3.63) is 24.0 Å². The van der Waals surface area contributed by atoms with E-state index < -0.39 is 0 Å². The number of nitrogens with zero attached hydrogens (tertiary/aromatic N) is 1. The van der Waals surface area contributed by atoms with Crippen LogP contribution in [0.4, 0.5) is 0 Å². The Balaban J connectivity index is 2.41. The third-order valence-electron chi connectivity index (χ3n) is 1.51. The number of aromatic nitrogens is 1. The van der Waals surface area contributed by atoms with Crippen LogP contribution in [0.25, 0.3) is 0 Å². The number of thioether (sulfide) groups is 1. The maximum Gasteiger partial charge on any atom is 0.316 e. The molecule has 0 N–H and O–H groups in total. The number of pyridine rings is 1. The Morgan fingerprint density at radius 2 is 2.36 bits per heavy atom. The van der Waals surface area contributed by atoms with Crippen LogP contribution < -0.4 is 0 Å². The summed E-state index contributed by atoms with van der Waals surface area (Å²) in [6.07, 6.45) is 3.53. The van der Waals surface area contributed by atoms with Crippen molar-refractivity contribution >= 4 is 17.7 Å². The minimum absolute atomic E-state index is 0.181. The Bertz CT molecular complexity index is 315. The Hall–Kier alpha value is -1.03. The molecule has 0 amide bonds. The Morgan fingerprint density at radius 1 is 1.57 bits per heavy atom. The lowest BCUT2D eigenvalue weighted by molar-refractivity contribution is -0.139. The van der Waals surface area contributed by atoms with E-state index in [9.17, 15) is 4.79 Å². The summed E-state index contributed by atoms with van der Waals surface area (Å²) >= 11 is 1.45. The molecule has 3 nitrogen and oxygen atoms in total. The number of rotatable bonds is 4. The molecule has 76 valence electrons. The molecule has 1 aromatic heterocycles. The Kier molecular flexibility index (Phi) is 4.46. The van der Waals surface area contributed by atoms with Gasteiger partial charge in [0.15, 0.2) is 0 Å². The molecule has 1 heterocycles. The fourth-order valence-corrected chi connectivity index (χ4v) is 1.72. The van der Waals surface area contributed by atoms with Crippen LogP contribution in [0.5, 0.6) is 0 Å². The average Bonchev–Trinajstić information content (AvgIpc) is 2.15. The first kappa shape index (κ1) is 11.0. The molecule has 0 saturated heterocycles. The van der Waals surface area contributed by atoms with Crippen LogP contribution in [0.2, 0.25) is 0 Å². The highest BCUT2D eigenvalue weighted by molar-refractivity contribution is 8.00. The molecule has 0 aliphatic rings. The van der Waals surface area contributed by atoms with Gasteiger partial charge >= 0.3 is 5.97 Å². The second-order valence-corrected chi connectivity index (χ2v) is 3.84. The van der Waals surface area contributed by atoms with Crippen LogP contribution in [0.1, 0.15) is 12.5 Å². The van der Waals surface area contributed by atoms with Gasteiger partial charge in [0.2, 0.25) is 0 Å². The molecular weight excluding hydrogens is 198 g/mol. The molecule has 0 fully saturated rings. The van der Waals surface area contributed by atoms with Crippen LogP contribution in [-0.4, -0.2) is 23.3 Å². The van der Waals surface area contributed by atoms with E-state index in [0.717, 1.165) is 10.5 Å². The molecule has 0 aromatic carbocycles. The molecule has 0 aliphatic carbocycles. The van der Waals surface area contributed by atoms with Crippen molar-refractivity contribution in [3.63, 3.8) is 0 Å². The van der Waals surface area contributed by atoms with E-state index in [0.29, 0.717) is 12.4 Å². The van der Waals surface area contributed by atoms with Gasteiger partial charge in [0, 0.05) is 17.3 Å². The quantitative estimate of drug-likeness (QED) is 0.564. The summed E-state index contributed by atoms with van der Waals surface area (Å²) in [7, 11) is 0. The summed E-state index contributed by atoms with van der Waals surface area (Å²) < 4.78 is 4.81. The van der Waals surface area contributed by atoms with Crippen molar-refractivity contribution in [1.82, 2.24) is 4.98 Å². The topological polar surface area (TPSA) is 39.2 Å². The predicted molar refractivity (Wildman–Crippen MR) is 56.3 cm³/mol. The van der Waals surface area contributed by atoms with E-state index in [-0.39, 0.29) is 5.97 Å². The largest absolute Gasteiger partial charge is 0.465 e. The van der Waals surface area contributed by atoms with Gasteiger partial charge in [-0.1, -0.05) is 0 Å². The number of esters is 1. The number of carbonyl (C=O) groups excluding carboxylic acids is 1. The van der Waals surface area contributed by atoms with Gasteiger partial charge in [-0.15, -0.1) is 11.8 Å². The van der Waals surface area contributed by atoms with E-state index in [1.54, 1.807) is 19.3 Å². The van der Waals surface area contributed by atoms with Crippen molar-refractivity contribution in [1.29, 1.82) is 0 Å². The first-order chi connectivity index (χ1) is 6.72. The summed E-state index contributed by atoms with van der Waals surface area (Å²) in [5.41, 5.74) is 1.10. The van der Waals surface area contributed by atoms with Crippen LogP contribution in [0, 0.1) is 6.92 Å². The second kappa shape index (κ2) is 5.65. The van der Waals surface area contributed by atoms with Gasteiger partial charge in [-0.2, -0.15) is 0 Å². The fourth-order valence-electron chi connectivity index (χ4n) is 0.951. The van der Waals surface area contributed by atoms with Crippen molar-refractivity contribution < 1.29 is 9.53 Å². The van der Waals surface area contributed by atoms with Gasteiger partial charge in [0.05, 0.1) is 12.4 Å². The number of ether oxygens (including phenoxy) is 1. The monoisotopic (exact) mass is 211 g/mol. The van der Waals surface area contributed by atoms with Gasteiger partial charge in [0.1, 0.15) is 0 Å². The van der Waals surface area contributed by atoms with E-state index >= 15 is 0 Å². The molecule has 0 bridgehead atoms. The molecular formula is C10H13NO2S. The highest BCUT2D eigenvalue weighted by Crippen LogP contribution is 2.17. The Morgan fingerprint density at radius 3 is 3.00 bits per heavy atom. The zero-order valence-electron chi connectivity index (χ0n) is 8.32. The van der Waals surface area contributed by atoms with Crippen molar-refractivity contribution in [2.45, 2.75) is 18.7 Å². The summed E-state index contributed by atoms with van der Waals surface area (Å²) in [5, 5.41) is 0. The van der Waals surface area contributed by atoms with E-state index in [1.807, 2.05) is 13.0 Å². The third kappa shape index (κ3) is 3.79. The normalized spacial score (nSPS) is 9.86. The van der Waals surface area contributed by atoms with Gasteiger partial charge in [-0.3, -0.25) is 9.78 Å². The lowest BCUT2D eigenvalue weighted by Gasteiger charge is -2.01. The van der Waals surface area contributed by atoms with Crippen molar-refractivity contribution in [2.75, 3.05) is 12.4 Å². The number of carbonyl (C=O) groups is 1. The number of hydrogen-bond acceptors (Lipinski definition) is 4. The predicted octanol–water partition coefficient (Wildman–Crippen LogP) is 2.05. The summed E-state index contributed by atoms with van der Waals surface area (Å²) in [6.45, 7) is 4.21. The summed E-state index contributed by atoms with van der Waals surface area (Å²) in [5.74, 6) is 0.165. The Labute approximate surface area is 87.9 Å². The molecule has 0 atom stereocenters. The maximum absolute atomic E-state index is 11.0. The SMILES string of the molecule is CCOC(=O)CSc1cncc(C)c1. The van der Waals surface area contributed by atoms with Crippen LogP contribution in [-0.2, 0) is 9.53 Å². The highest BCUT2D eigenvalue weighted by atomic mass is 32.2. The smallest absolute Gasteiger partial charge is 0.316 e. The molecule has 0 saturated carbocycles. The molecule has 0 radical (unpaired) electrons. The maximum atomic E-state index is 11.0. The molecule has 1 aromatic rings. The summed E-state index contributed by atoms with van der Waals surface area (Å²) in [6, 6.07) is 2.00. The van der Waals surface area contributed by atoms with E-state index in [4.69, 9.17) is 4.74 Å². The van der Waals surface area contributed by atoms with Crippen LogP contribution in [0.15, 0.2) is 23.4 Å². The van der Waals surface area contributed by atoms with Gasteiger partial charge < -0.3 is 4.74 Å². The lowest BCUT2D eigenvalue weighted by Crippen LogP contribution is -2.06. The summed E-state index contributed by atoms with van der Waals surface area (Å²) in [4.78, 5) is 16.1. The average molecular weight is 211 g/mol. The molecule has 0 spiro atoms. The van der Waals surface area contributed by atoms with Crippen LogP contribution in [0.3, 0.4) is 0 Å². The van der Waals surface area contributed by atoms with Crippen molar-refractivity contribution in [2.24, 2.45) is 0 Å². The van der Waals surface area contributed by atoms with E-state index in [2.05, 4.69) is 4.98 Å². The van der Waals surface area contributed by atoms with E-state index in [1.165, 1.54) is 11.8 Å². The molecule has 0 unspecified atom stereocenters. The lowest BCUT2D eigenvalue weighted by atomic mass is 10.3. The molecule has 4 heteroatoms. The number of hydrogen-bond donors (Lipinski definition) is 0.